The van der Waals surface area contributed by atoms with E-state index in [4.69, 9.17) is 5.73 Å². The van der Waals surface area contributed by atoms with E-state index < -0.39 is 150 Å². The largest absolute Gasteiger partial charge is 0.360 e. The monoisotopic (exact) mass is 970 g/mol. The first-order chi connectivity index (χ1) is 31.4. The first-order valence-electron chi connectivity index (χ1n) is 17.9. The van der Waals surface area contributed by atoms with Crippen LogP contribution in [0.3, 0.4) is 0 Å². The Labute approximate surface area is 359 Å². The first-order valence-corrected chi connectivity index (χ1v) is 17.9. The van der Waals surface area contributed by atoms with E-state index in [1.807, 2.05) is 48.5 Å². The van der Waals surface area contributed by atoms with Crippen LogP contribution in [-0.4, -0.2) is 17.8 Å². The van der Waals surface area contributed by atoms with Crippen molar-refractivity contribution in [2.75, 3.05) is 0 Å². The third-order valence-corrected chi connectivity index (χ3v) is 10.3. The van der Waals surface area contributed by atoms with Crippen LogP contribution in [0.5, 0.6) is 0 Å². The molecule has 7 rings (SSSR count). The number of nitrogens with two attached hydrogens (primary N) is 1. The summed E-state index contributed by atoms with van der Waals surface area (Å²) in [7, 11) is 0. The van der Waals surface area contributed by atoms with Gasteiger partial charge in [-0.15, -0.1) is 21.9 Å². The zero-order valence-electron chi connectivity index (χ0n) is 32.0. The minimum absolute atomic E-state index is 0.0663. The summed E-state index contributed by atoms with van der Waals surface area (Å²) in [5.41, 5.74) is -7.85. The fourth-order valence-electron chi connectivity index (χ4n) is 7.41. The van der Waals surface area contributed by atoms with Crippen LogP contribution in [0.15, 0.2) is 66.9 Å². The normalized spacial score (nSPS) is 11.5. The molecule has 67 heavy (non-hydrogen) atoms. The molecule has 0 aliphatic carbocycles. The Balaban J connectivity index is 0.000000279. The maximum absolute atomic E-state index is 15.4. The molecule has 0 aliphatic heterocycles. The van der Waals surface area contributed by atoms with Crippen molar-refractivity contribution in [2.45, 2.75) is 6.54 Å². The number of rotatable bonds is 8. The lowest BCUT2D eigenvalue weighted by atomic mass is 9.12. The summed E-state index contributed by atoms with van der Waals surface area (Å²) in [5.74, 6) is -72.0. The number of hydrogen-bond donors (Lipinski definition) is 1. The molecule has 0 aliphatic rings. The molecule has 25 heteroatoms. The number of primary amides is 1. The topological polar surface area (TPSA) is 64.0 Å². The third kappa shape index (κ3) is 7.64. The molecule has 0 spiro atoms. The van der Waals surface area contributed by atoms with E-state index in [2.05, 4.69) is 0 Å². The summed E-state index contributed by atoms with van der Waals surface area (Å²) < 4.78 is 296. The highest BCUT2D eigenvalue weighted by molar-refractivity contribution is 7.20. The van der Waals surface area contributed by atoms with Gasteiger partial charge in [-0.05, 0) is 11.5 Å². The molecular formula is C42H15BF20N2O2. The molecule has 4 nitrogen and oxygen atoms in total. The standard InChI is InChI=1S/C24BF20.C18H14N2O2/c26-5-1(6(27)14(35)21(42)13(5)34)25(2-7(28)15(36)22(43)16(37)8(2)29,3-9(30)17(38)23(44)18(39)10(3)31)4-11(32)19(40)24(45)20(41)12(4)33;19-18(22)17-15-9-5-4-6-13(15)10-11-20(17)12-16(21)14-7-2-1-3-8-14/h;1-11H,12H2,(H-,19,22)/q-1;/p+1. The Morgan fingerprint density at radius 3 is 0.985 bits per heavy atom. The van der Waals surface area contributed by atoms with Crippen molar-refractivity contribution < 1.29 is 102 Å². The number of carbonyl (C=O) groups is 2. The molecule has 2 N–H and O–H groups in total. The van der Waals surface area contributed by atoms with Crippen molar-refractivity contribution in [3.8, 4) is 0 Å². The van der Waals surface area contributed by atoms with Crippen molar-refractivity contribution >= 4 is 50.5 Å². The van der Waals surface area contributed by atoms with Crippen molar-refractivity contribution in [1.29, 1.82) is 0 Å². The highest BCUT2D eigenvalue weighted by atomic mass is 19.2. The minimum atomic E-state index is -7.22. The second kappa shape index (κ2) is 18.1. The average molecular weight is 970 g/mol. The second-order valence-electron chi connectivity index (χ2n) is 13.8. The number of ketones is 1. The summed E-state index contributed by atoms with van der Waals surface area (Å²) in [6, 6.07) is 18.4. The van der Waals surface area contributed by atoms with Gasteiger partial charge in [0.2, 0.25) is 12.3 Å². The smallest absolute Gasteiger partial charge is 0.314 e. The number of Topliss-reactive ketones (excluding diaryl/α,β-unsaturated/α-hetero) is 1. The number of pyridine rings is 1. The minimum Gasteiger partial charge on any atom is -0.360 e. The van der Waals surface area contributed by atoms with E-state index in [-0.39, 0.29) is 12.3 Å². The lowest BCUT2D eigenvalue weighted by Crippen LogP contribution is -2.81. The number of benzene rings is 6. The number of aromatic nitrogens is 1. The van der Waals surface area contributed by atoms with Gasteiger partial charge in [0, 0.05) is 11.6 Å². The van der Waals surface area contributed by atoms with Gasteiger partial charge in [-0.25, -0.2) is 87.8 Å². The van der Waals surface area contributed by atoms with Gasteiger partial charge in [-0.3, -0.25) is 9.59 Å². The number of hydrogen-bond acceptors (Lipinski definition) is 2. The average Bonchev–Trinajstić information content (AvgIpc) is 3.31. The number of halogens is 20. The van der Waals surface area contributed by atoms with Gasteiger partial charge in [-0.1, -0.05) is 48.5 Å². The van der Waals surface area contributed by atoms with Crippen LogP contribution in [0.1, 0.15) is 20.8 Å². The van der Waals surface area contributed by atoms with Crippen LogP contribution in [-0.2, 0) is 6.54 Å². The fourth-order valence-corrected chi connectivity index (χ4v) is 7.41. The summed E-state index contributed by atoms with van der Waals surface area (Å²) in [6.45, 7) is 0.0765. The Morgan fingerprint density at radius 2 is 0.672 bits per heavy atom. The number of amides is 1. The molecule has 1 aromatic heterocycles. The SMILES string of the molecule is Fc1c(F)c(F)c([B-](c2c(F)c(F)c(F)c(F)c2F)(c2c(F)c(F)c(F)c(F)c2F)c2c(F)c(F)c(F)c(F)c2F)c(F)c1F.NC(=O)c1c2ccccc2cc[n+]1CC(=O)c1ccccc1. The van der Waals surface area contributed by atoms with Gasteiger partial charge in [0.05, 0.1) is 5.39 Å². The van der Waals surface area contributed by atoms with Crippen LogP contribution < -0.4 is 32.2 Å². The lowest BCUT2D eigenvalue weighted by molar-refractivity contribution is -0.683. The molecule has 0 radical (unpaired) electrons. The summed E-state index contributed by atoms with van der Waals surface area (Å²) in [4.78, 5) is 24.2. The van der Waals surface area contributed by atoms with Gasteiger partial charge in [-0.2, -0.15) is 4.57 Å². The van der Waals surface area contributed by atoms with E-state index in [9.17, 15) is 62.3 Å². The van der Waals surface area contributed by atoms with E-state index in [0.717, 1.165) is 10.8 Å². The van der Waals surface area contributed by atoms with Crippen molar-refractivity contribution in [3.05, 3.63) is 194 Å². The molecule has 0 saturated carbocycles. The number of nitrogens with zero attached hydrogens (tertiary/aromatic N) is 1. The zero-order valence-corrected chi connectivity index (χ0v) is 32.0. The molecule has 1 heterocycles. The summed E-state index contributed by atoms with van der Waals surface area (Å²) in [6.07, 6.45) is -5.49. The van der Waals surface area contributed by atoms with Crippen LogP contribution in [0, 0.1) is 116 Å². The molecule has 0 fully saturated rings. The van der Waals surface area contributed by atoms with Gasteiger partial charge in [0.1, 0.15) is 52.7 Å². The number of fused-ring (bicyclic) bond motifs is 1. The Bertz CT molecular complexity index is 2840. The van der Waals surface area contributed by atoms with Gasteiger partial charge in [0.15, 0.2) is 76.0 Å². The molecule has 0 saturated heterocycles. The molecule has 7 aromatic rings. The molecule has 1 amide bonds. The van der Waals surface area contributed by atoms with E-state index >= 15 is 35.1 Å². The van der Waals surface area contributed by atoms with Crippen LogP contribution in [0.4, 0.5) is 87.8 Å². The lowest BCUT2D eigenvalue weighted by Gasteiger charge is -2.44. The Morgan fingerprint density at radius 1 is 0.388 bits per heavy atom. The summed E-state index contributed by atoms with van der Waals surface area (Å²) in [5, 5.41) is 1.66. The maximum Gasteiger partial charge on any atom is 0.314 e. The summed E-state index contributed by atoms with van der Waals surface area (Å²) >= 11 is 0. The Kier molecular flexibility index (Phi) is 13.2. The highest BCUT2D eigenvalue weighted by Gasteiger charge is 2.52. The first kappa shape index (κ1) is 49.0. The zero-order chi connectivity index (χ0) is 49.9. The predicted octanol–water partition coefficient (Wildman–Crippen LogP) is 7.96. The predicted molar refractivity (Wildman–Crippen MR) is 193 cm³/mol. The van der Waals surface area contributed by atoms with Crippen molar-refractivity contribution in [3.63, 3.8) is 0 Å². The van der Waals surface area contributed by atoms with E-state index in [1.54, 1.807) is 22.9 Å². The number of carbonyl (C=O) groups excluding carboxylic acids is 2. The highest BCUT2D eigenvalue weighted by Crippen LogP contribution is 2.31. The quantitative estimate of drug-likeness (QED) is 0.0420. The Hall–Kier alpha value is -7.47. The van der Waals surface area contributed by atoms with Crippen LogP contribution in [0.25, 0.3) is 10.8 Å². The molecule has 0 unspecified atom stereocenters. The maximum atomic E-state index is 15.4. The molecule has 0 bridgehead atoms. The molecule has 6 aromatic carbocycles. The van der Waals surface area contributed by atoms with Crippen LogP contribution >= 0.6 is 0 Å². The second-order valence-corrected chi connectivity index (χ2v) is 13.8. The van der Waals surface area contributed by atoms with E-state index in [0.29, 0.717) is 11.3 Å². The third-order valence-electron chi connectivity index (χ3n) is 10.3. The van der Waals surface area contributed by atoms with Crippen LogP contribution in [0.2, 0.25) is 0 Å². The van der Waals surface area contributed by atoms with Gasteiger partial charge >= 0.3 is 5.91 Å². The van der Waals surface area contributed by atoms with Crippen molar-refractivity contribution in [1.82, 2.24) is 0 Å². The van der Waals surface area contributed by atoms with Crippen molar-refractivity contribution in [2.24, 2.45) is 5.73 Å². The molecule has 348 valence electrons. The van der Waals surface area contributed by atoms with Gasteiger partial charge in [0.25, 0.3) is 5.69 Å². The van der Waals surface area contributed by atoms with Gasteiger partial charge < -0.3 is 5.73 Å². The van der Waals surface area contributed by atoms with E-state index in [1.165, 1.54) is 0 Å². The molecular weight excluding hydrogens is 955 g/mol. The fraction of sp³-hybridized carbons (Fsp3) is 0.0238. The molecule has 0 atom stereocenters.